The maximum Gasteiger partial charge on any atom is 0.314 e. The molecule has 1 aromatic carbocycles. The molecule has 0 radical (unpaired) electrons. The lowest BCUT2D eigenvalue weighted by atomic mass is 9.93. The van der Waals surface area contributed by atoms with E-state index >= 15 is 0 Å². The zero-order chi connectivity index (χ0) is 11.1. The van der Waals surface area contributed by atoms with E-state index in [0.29, 0.717) is 18.4 Å². The van der Waals surface area contributed by atoms with Crippen LogP contribution in [0.1, 0.15) is 30.9 Å². The van der Waals surface area contributed by atoms with Gasteiger partial charge in [-0.25, -0.2) is 0 Å². The number of aryl methyl sites for hydroxylation is 1. The number of phenols is 1. The van der Waals surface area contributed by atoms with Crippen molar-refractivity contribution in [3.8, 4) is 5.75 Å². The number of aromatic hydroxyl groups is 1. The third-order valence-corrected chi connectivity index (χ3v) is 3.14. The summed E-state index contributed by atoms with van der Waals surface area (Å²) in [6.45, 7) is 2.01. The van der Waals surface area contributed by atoms with Crippen molar-refractivity contribution >= 4 is 5.97 Å². The van der Waals surface area contributed by atoms with Gasteiger partial charge >= 0.3 is 5.97 Å². The summed E-state index contributed by atoms with van der Waals surface area (Å²) in [4.78, 5) is 11.1. The molecule has 0 aromatic heterocycles. The molecule has 1 fully saturated rings. The zero-order valence-electron chi connectivity index (χ0n) is 8.66. The molecule has 0 amide bonds. The number of aliphatic carboxylic acids is 1. The van der Waals surface area contributed by atoms with E-state index in [9.17, 15) is 9.90 Å². The van der Waals surface area contributed by atoms with Crippen LogP contribution in [0.25, 0.3) is 0 Å². The van der Waals surface area contributed by atoms with E-state index in [1.807, 2.05) is 19.1 Å². The first kappa shape index (κ1) is 10.0. The van der Waals surface area contributed by atoms with Gasteiger partial charge in [0.15, 0.2) is 0 Å². The molecule has 0 saturated heterocycles. The lowest BCUT2D eigenvalue weighted by Gasteiger charge is -2.13. The van der Waals surface area contributed by atoms with Gasteiger partial charge in [0.2, 0.25) is 0 Å². The number of benzene rings is 1. The molecule has 0 atom stereocenters. The lowest BCUT2D eigenvalue weighted by molar-refractivity contribution is -0.140. The van der Waals surface area contributed by atoms with Crippen molar-refractivity contribution in [2.45, 2.75) is 31.6 Å². The Bertz CT molecular complexity index is 405. The Kier molecular flexibility index (Phi) is 2.18. The average Bonchev–Trinajstić information content (AvgIpc) is 2.99. The smallest absolute Gasteiger partial charge is 0.314 e. The van der Waals surface area contributed by atoms with Crippen LogP contribution >= 0.6 is 0 Å². The molecule has 1 aliphatic carbocycles. The molecule has 3 nitrogen and oxygen atoms in total. The molecule has 1 saturated carbocycles. The van der Waals surface area contributed by atoms with Crippen molar-refractivity contribution in [3.05, 3.63) is 29.3 Å². The Morgan fingerprint density at radius 1 is 1.47 bits per heavy atom. The van der Waals surface area contributed by atoms with Crippen LogP contribution in [0.15, 0.2) is 18.2 Å². The molecule has 0 spiro atoms. The largest absolute Gasteiger partial charge is 0.508 e. The van der Waals surface area contributed by atoms with Crippen molar-refractivity contribution < 1.29 is 15.0 Å². The summed E-state index contributed by atoms with van der Waals surface area (Å²) in [5.41, 5.74) is 0.833. The molecule has 2 rings (SSSR count). The zero-order valence-corrected chi connectivity index (χ0v) is 8.66. The molecule has 0 heterocycles. The summed E-state index contributed by atoms with van der Waals surface area (Å²) in [6.07, 6.45) is 2.11. The monoisotopic (exact) mass is 206 g/mol. The number of carboxylic acids is 1. The molecule has 2 N–H and O–H groups in total. The topological polar surface area (TPSA) is 57.5 Å². The summed E-state index contributed by atoms with van der Waals surface area (Å²) in [5.74, 6) is -0.724. The molecular formula is C12H14O3. The fourth-order valence-corrected chi connectivity index (χ4v) is 1.91. The van der Waals surface area contributed by atoms with Crippen LogP contribution in [-0.4, -0.2) is 16.2 Å². The predicted molar refractivity (Wildman–Crippen MR) is 56.0 cm³/mol. The Hall–Kier alpha value is -1.51. The van der Waals surface area contributed by atoms with E-state index in [2.05, 4.69) is 0 Å². The maximum atomic E-state index is 11.1. The number of carboxylic acid groups (broad SMARTS) is 1. The molecule has 0 aliphatic heterocycles. The fourth-order valence-electron chi connectivity index (χ4n) is 1.91. The molecule has 0 unspecified atom stereocenters. The van der Waals surface area contributed by atoms with Crippen LogP contribution in [0.2, 0.25) is 0 Å². The van der Waals surface area contributed by atoms with Gasteiger partial charge in [-0.1, -0.05) is 19.1 Å². The van der Waals surface area contributed by atoms with Crippen molar-refractivity contribution in [3.63, 3.8) is 0 Å². The van der Waals surface area contributed by atoms with Crippen molar-refractivity contribution in [1.29, 1.82) is 0 Å². The Morgan fingerprint density at radius 2 is 2.13 bits per heavy atom. The first-order chi connectivity index (χ1) is 7.10. The van der Waals surface area contributed by atoms with E-state index in [-0.39, 0.29) is 5.75 Å². The van der Waals surface area contributed by atoms with Crippen molar-refractivity contribution in [1.82, 2.24) is 0 Å². The quantitative estimate of drug-likeness (QED) is 0.796. The average molecular weight is 206 g/mol. The highest BCUT2D eigenvalue weighted by Gasteiger charge is 2.53. The van der Waals surface area contributed by atoms with E-state index in [1.54, 1.807) is 6.07 Å². The minimum atomic E-state index is -0.828. The predicted octanol–water partition coefficient (Wildman–Crippen LogP) is 2.07. The van der Waals surface area contributed by atoms with Gasteiger partial charge in [0.25, 0.3) is 0 Å². The fraction of sp³-hybridized carbons (Fsp3) is 0.417. The van der Waals surface area contributed by atoms with Crippen molar-refractivity contribution in [2.24, 2.45) is 0 Å². The molecule has 80 valence electrons. The molecule has 15 heavy (non-hydrogen) atoms. The van der Waals surface area contributed by atoms with Gasteiger partial charge in [-0.15, -0.1) is 0 Å². The van der Waals surface area contributed by atoms with E-state index in [0.717, 1.165) is 12.0 Å². The number of hydrogen-bond donors (Lipinski definition) is 2. The van der Waals surface area contributed by atoms with Gasteiger partial charge in [-0.2, -0.15) is 0 Å². The Balaban J connectivity index is 2.47. The standard InChI is InChI=1S/C12H14O3/c1-2-8-3-4-10(13)9(7-8)12(5-6-12)11(14)15/h3-4,7,13H,2,5-6H2,1H3,(H,14,15). The van der Waals surface area contributed by atoms with Crippen LogP contribution in [0.3, 0.4) is 0 Å². The SMILES string of the molecule is CCc1ccc(O)c(C2(C(=O)O)CC2)c1. The van der Waals surface area contributed by atoms with Crippen LogP contribution in [0, 0.1) is 0 Å². The first-order valence-electron chi connectivity index (χ1n) is 5.16. The highest BCUT2D eigenvalue weighted by Crippen LogP contribution is 2.51. The lowest BCUT2D eigenvalue weighted by Crippen LogP contribution is -2.19. The third kappa shape index (κ3) is 1.48. The summed E-state index contributed by atoms with van der Waals surface area (Å²) in [7, 11) is 0. The van der Waals surface area contributed by atoms with Crippen molar-refractivity contribution in [2.75, 3.05) is 0 Å². The second-order valence-electron chi connectivity index (χ2n) is 4.09. The van der Waals surface area contributed by atoms with E-state index < -0.39 is 11.4 Å². The third-order valence-electron chi connectivity index (χ3n) is 3.14. The molecule has 0 bridgehead atoms. The van der Waals surface area contributed by atoms with Gasteiger partial charge in [0, 0.05) is 5.56 Å². The summed E-state index contributed by atoms with van der Waals surface area (Å²) >= 11 is 0. The van der Waals surface area contributed by atoms with Crippen LogP contribution in [0.5, 0.6) is 5.75 Å². The highest BCUT2D eigenvalue weighted by molar-refractivity contribution is 5.86. The number of hydrogen-bond acceptors (Lipinski definition) is 2. The minimum absolute atomic E-state index is 0.104. The normalized spacial score (nSPS) is 17.4. The second kappa shape index (κ2) is 3.26. The number of rotatable bonds is 3. The van der Waals surface area contributed by atoms with E-state index in [1.165, 1.54) is 0 Å². The molecule has 1 aliphatic rings. The van der Waals surface area contributed by atoms with Gasteiger partial charge in [0.1, 0.15) is 5.75 Å². The number of phenolic OH excluding ortho intramolecular Hbond substituents is 1. The Labute approximate surface area is 88.4 Å². The number of carbonyl (C=O) groups is 1. The van der Waals surface area contributed by atoms with Crippen LogP contribution in [0.4, 0.5) is 0 Å². The first-order valence-corrected chi connectivity index (χ1v) is 5.16. The van der Waals surface area contributed by atoms with E-state index in [4.69, 9.17) is 5.11 Å². The summed E-state index contributed by atoms with van der Waals surface area (Å²) < 4.78 is 0. The summed E-state index contributed by atoms with van der Waals surface area (Å²) in [6, 6.07) is 5.24. The molecular weight excluding hydrogens is 192 g/mol. The minimum Gasteiger partial charge on any atom is -0.508 e. The maximum absolute atomic E-state index is 11.1. The van der Waals surface area contributed by atoms with Gasteiger partial charge in [-0.05, 0) is 30.9 Å². The van der Waals surface area contributed by atoms with Crippen LogP contribution in [-0.2, 0) is 16.6 Å². The Morgan fingerprint density at radius 3 is 2.60 bits per heavy atom. The van der Waals surface area contributed by atoms with Crippen LogP contribution < -0.4 is 0 Å². The van der Waals surface area contributed by atoms with Gasteiger partial charge in [-0.3, -0.25) is 4.79 Å². The highest BCUT2D eigenvalue weighted by atomic mass is 16.4. The molecule has 3 heteroatoms. The summed E-state index contributed by atoms with van der Waals surface area (Å²) in [5, 5.41) is 18.8. The second-order valence-corrected chi connectivity index (χ2v) is 4.09. The van der Waals surface area contributed by atoms with Gasteiger partial charge in [0.05, 0.1) is 5.41 Å². The van der Waals surface area contributed by atoms with Gasteiger partial charge < -0.3 is 10.2 Å². The molecule has 1 aromatic rings.